The summed E-state index contributed by atoms with van der Waals surface area (Å²) in [5, 5.41) is 13.4. The van der Waals surface area contributed by atoms with E-state index in [4.69, 9.17) is 9.47 Å². The van der Waals surface area contributed by atoms with E-state index < -0.39 is 0 Å². The van der Waals surface area contributed by atoms with Gasteiger partial charge in [0.25, 0.3) is 5.91 Å². The van der Waals surface area contributed by atoms with Crippen molar-refractivity contribution >= 4 is 11.6 Å². The van der Waals surface area contributed by atoms with Gasteiger partial charge in [-0.1, -0.05) is 0 Å². The minimum absolute atomic E-state index is 0.00122. The van der Waals surface area contributed by atoms with Gasteiger partial charge in [-0.2, -0.15) is 0 Å². The van der Waals surface area contributed by atoms with Gasteiger partial charge in [-0.25, -0.2) is 0 Å². The molecule has 2 saturated heterocycles. The zero-order valence-corrected chi connectivity index (χ0v) is 18.5. The fraction of sp³-hybridized carbons (Fsp3) is 0.360. The van der Waals surface area contributed by atoms with Crippen LogP contribution in [0.25, 0.3) is 5.69 Å². The highest BCUT2D eigenvalue weighted by Gasteiger charge is 2.54. The molecule has 1 atom stereocenters. The molecule has 6 rings (SSSR count). The molecule has 33 heavy (non-hydrogen) atoms. The molecular formula is C25H26N4O4. The van der Waals surface area contributed by atoms with Crippen LogP contribution in [0.4, 0.5) is 5.69 Å². The van der Waals surface area contributed by atoms with Crippen molar-refractivity contribution in [2.45, 2.75) is 30.4 Å². The number of benzene rings is 1. The van der Waals surface area contributed by atoms with Gasteiger partial charge < -0.3 is 29.4 Å². The maximum atomic E-state index is 12.9. The number of carbonyl (C=O) groups excluding carboxylic acids is 1. The maximum absolute atomic E-state index is 12.9. The Morgan fingerprint density at radius 2 is 2.06 bits per heavy atom. The van der Waals surface area contributed by atoms with Crippen LogP contribution in [0.5, 0.6) is 11.5 Å². The first-order valence-electron chi connectivity index (χ1n) is 11.2. The lowest BCUT2D eigenvalue weighted by molar-refractivity contribution is -0.0392. The Morgan fingerprint density at radius 1 is 1.21 bits per heavy atom. The number of piperidine rings is 1. The molecule has 1 unspecified atom stereocenters. The highest BCUT2D eigenvalue weighted by atomic mass is 16.5. The lowest BCUT2D eigenvalue weighted by Crippen LogP contribution is -2.48. The number of anilines is 1. The predicted molar refractivity (Wildman–Crippen MR) is 122 cm³/mol. The Morgan fingerprint density at radius 3 is 2.85 bits per heavy atom. The summed E-state index contributed by atoms with van der Waals surface area (Å²) in [6.07, 6.45) is 7.28. The summed E-state index contributed by atoms with van der Waals surface area (Å²) in [5.41, 5.74) is 3.12. The summed E-state index contributed by atoms with van der Waals surface area (Å²) >= 11 is 0. The number of aromatic hydroxyl groups is 1. The number of pyridine rings is 1. The smallest absolute Gasteiger partial charge is 0.255 e. The molecule has 1 aromatic carbocycles. The predicted octanol–water partition coefficient (Wildman–Crippen LogP) is 3.30. The molecule has 3 aliphatic heterocycles. The minimum atomic E-state index is -0.329. The van der Waals surface area contributed by atoms with Crippen molar-refractivity contribution in [3.8, 4) is 17.2 Å². The number of rotatable bonds is 2. The van der Waals surface area contributed by atoms with Crippen LogP contribution in [0.1, 0.15) is 35.3 Å². The van der Waals surface area contributed by atoms with Gasteiger partial charge in [0.05, 0.1) is 48.1 Å². The number of fused-ring (bicyclic) bond motifs is 4. The van der Waals surface area contributed by atoms with E-state index in [-0.39, 0.29) is 22.8 Å². The standard InChI is InChI=1S/C25H26N4O4/c1-32-19-4-5-21-20(12-19)27-25(22-3-2-8-29(21)22)15-24(33-16-25)6-9-28(10-7-24)23(31)17-11-18(30)14-26-13-17/h2-5,8,11-14,27,30H,6-7,9-10,15-16H2,1H3. The van der Waals surface area contributed by atoms with Crippen LogP contribution < -0.4 is 10.1 Å². The van der Waals surface area contributed by atoms with Gasteiger partial charge in [-0.15, -0.1) is 0 Å². The highest BCUT2D eigenvalue weighted by Crippen LogP contribution is 2.50. The van der Waals surface area contributed by atoms with Crippen molar-refractivity contribution in [1.82, 2.24) is 14.5 Å². The number of carbonyl (C=O) groups is 1. The van der Waals surface area contributed by atoms with E-state index in [1.807, 2.05) is 17.0 Å². The number of nitrogens with one attached hydrogen (secondary N) is 1. The molecule has 0 aliphatic carbocycles. The van der Waals surface area contributed by atoms with Crippen LogP contribution in [0, 0.1) is 0 Å². The third-order valence-electron chi connectivity index (χ3n) is 7.26. The average Bonchev–Trinajstić information content (AvgIpc) is 3.46. The summed E-state index contributed by atoms with van der Waals surface area (Å²) < 4.78 is 14.2. The van der Waals surface area contributed by atoms with Gasteiger partial charge in [0.1, 0.15) is 17.0 Å². The van der Waals surface area contributed by atoms with Crippen LogP contribution in [-0.2, 0) is 10.3 Å². The Balaban J connectivity index is 1.23. The normalized spacial score (nSPS) is 22.6. The number of hydrogen-bond donors (Lipinski definition) is 2. The van der Waals surface area contributed by atoms with E-state index in [2.05, 4.69) is 39.3 Å². The molecule has 0 bridgehead atoms. The molecule has 1 amide bonds. The Bertz CT molecular complexity index is 1230. The largest absolute Gasteiger partial charge is 0.506 e. The Hall–Kier alpha value is -3.52. The highest BCUT2D eigenvalue weighted by molar-refractivity contribution is 5.94. The monoisotopic (exact) mass is 446 g/mol. The number of aromatic nitrogens is 2. The number of ether oxygens (including phenoxy) is 2. The first-order chi connectivity index (χ1) is 16.0. The van der Waals surface area contributed by atoms with Gasteiger partial charge >= 0.3 is 0 Å². The molecule has 170 valence electrons. The van der Waals surface area contributed by atoms with Crippen molar-refractivity contribution in [2.24, 2.45) is 0 Å². The molecular weight excluding hydrogens is 420 g/mol. The molecule has 3 aliphatic rings. The van der Waals surface area contributed by atoms with E-state index in [1.54, 1.807) is 7.11 Å². The molecule has 5 heterocycles. The van der Waals surface area contributed by atoms with Gasteiger partial charge in [0.15, 0.2) is 0 Å². The van der Waals surface area contributed by atoms with Crippen molar-refractivity contribution in [3.05, 3.63) is 66.2 Å². The SMILES string of the molecule is COc1ccc2c(c1)NC1(COC3(CCN(C(=O)c4cncc(O)c4)CC3)C1)c1cccn1-2. The van der Waals surface area contributed by atoms with Crippen LogP contribution >= 0.6 is 0 Å². The Labute approximate surface area is 191 Å². The molecule has 3 aromatic rings. The van der Waals surface area contributed by atoms with E-state index in [9.17, 15) is 9.90 Å². The quantitative estimate of drug-likeness (QED) is 0.628. The van der Waals surface area contributed by atoms with Crippen LogP contribution in [0.15, 0.2) is 55.0 Å². The minimum Gasteiger partial charge on any atom is -0.506 e. The fourth-order valence-corrected chi connectivity index (χ4v) is 5.59. The van der Waals surface area contributed by atoms with Gasteiger partial charge in [-0.3, -0.25) is 9.78 Å². The van der Waals surface area contributed by atoms with Crippen molar-refractivity contribution < 1.29 is 19.4 Å². The van der Waals surface area contributed by atoms with Crippen molar-refractivity contribution in [3.63, 3.8) is 0 Å². The van der Waals surface area contributed by atoms with E-state index in [0.29, 0.717) is 25.3 Å². The maximum Gasteiger partial charge on any atom is 0.255 e. The van der Waals surface area contributed by atoms with Gasteiger partial charge in [0, 0.05) is 38.0 Å². The molecule has 8 nitrogen and oxygen atoms in total. The molecule has 2 fully saturated rings. The lowest BCUT2D eigenvalue weighted by atomic mass is 9.79. The molecule has 0 saturated carbocycles. The first kappa shape index (κ1) is 20.1. The second kappa shape index (κ2) is 7.25. The van der Waals surface area contributed by atoms with Crippen LogP contribution in [0.2, 0.25) is 0 Å². The number of likely N-dealkylation sites (tertiary alicyclic amines) is 1. The third kappa shape index (κ3) is 3.16. The topological polar surface area (TPSA) is 88.8 Å². The molecule has 2 N–H and O–H groups in total. The number of nitrogens with zero attached hydrogens (tertiary/aromatic N) is 3. The van der Waals surface area contributed by atoms with Gasteiger partial charge in [-0.05, 0) is 43.2 Å². The van der Waals surface area contributed by atoms with E-state index in [0.717, 1.165) is 36.4 Å². The number of hydrogen-bond acceptors (Lipinski definition) is 6. The zero-order chi connectivity index (χ0) is 22.6. The van der Waals surface area contributed by atoms with Crippen molar-refractivity contribution in [2.75, 3.05) is 32.1 Å². The van der Waals surface area contributed by atoms with Gasteiger partial charge in [0.2, 0.25) is 0 Å². The first-order valence-corrected chi connectivity index (χ1v) is 11.2. The fourth-order valence-electron chi connectivity index (χ4n) is 5.59. The summed E-state index contributed by atoms with van der Waals surface area (Å²) in [6.45, 7) is 1.78. The average molecular weight is 447 g/mol. The summed E-state index contributed by atoms with van der Waals surface area (Å²) in [5.74, 6) is 0.708. The number of amides is 1. The third-order valence-corrected chi connectivity index (χ3v) is 7.26. The molecule has 2 aromatic heterocycles. The lowest BCUT2D eigenvalue weighted by Gasteiger charge is -2.41. The van der Waals surface area contributed by atoms with E-state index in [1.165, 1.54) is 24.2 Å². The summed E-state index contributed by atoms with van der Waals surface area (Å²) in [6, 6.07) is 11.8. The summed E-state index contributed by atoms with van der Waals surface area (Å²) in [7, 11) is 1.68. The second-order valence-corrected chi connectivity index (χ2v) is 9.23. The van der Waals surface area contributed by atoms with Crippen LogP contribution in [-0.4, -0.2) is 57.9 Å². The zero-order valence-electron chi connectivity index (χ0n) is 18.5. The summed E-state index contributed by atoms with van der Waals surface area (Å²) in [4.78, 5) is 18.6. The number of methoxy groups -OCH3 is 1. The van der Waals surface area contributed by atoms with Crippen molar-refractivity contribution in [1.29, 1.82) is 0 Å². The molecule has 2 spiro atoms. The van der Waals surface area contributed by atoms with E-state index >= 15 is 0 Å². The van der Waals surface area contributed by atoms with Crippen LogP contribution in [0.3, 0.4) is 0 Å². The molecule has 0 radical (unpaired) electrons. The second-order valence-electron chi connectivity index (χ2n) is 9.23. The molecule has 8 heteroatoms. The Kier molecular flexibility index (Phi) is 4.42.